The Labute approximate surface area is 63.0 Å². The summed E-state index contributed by atoms with van der Waals surface area (Å²) in [7, 11) is 0. The zero-order valence-corrected chi connectivity index (χ0v) is 6.93. The molecule has 1 aliphatic carbocycles. The molecule has 0 bridgehead atoms. The predicted octanol–water partition coefficient (Wildman–Crippen LogP) is 0.851. The molecule has 10 heavy (non-hydrogen) atoms. The van der Waals surface area contributed by atoms with Gasteiger partial charge in [-0.15, -0.1) is 0 Å². The van der Waals surface area contributed by atoms with Crippen LogP contribution in [-0.4, -0.2) is 11.6 Å². The van der Waals surface area contributed by atoms with Gasteiger partial charge in [0.25, 0.3) is 0 Å². The SMILES string of the molecule is CC1CCC(C)(N)C(N)C1. The van der Waals surface area contributed by atoms with E-state index in [1.54, 1.807) is 0 Å². The van der Waals surface area contributed by atoms with E-state index < -0.39 is 0 Å². The van der Waals surface area contributed by atoms with E-state index in [-0.39, 0.29) is 11.6 Å². The highest BCUT2D eigenvalue weighted by Gasteiger charge is 2.32. The fraction of sp³-hybridized carbons (Fsp3) is 1.00. The largest absolute Gasteiger partial charge is 0.326 e. The highest BCUT2D eigenvalue weighted by Crippen LogP contribution is 2.28. The van der Waals surface area contributed by atoms with Crippen LogP contribution in [-0.2, 0) is 0 Å². The zero-order valence-electron chi connectivity index (χ0n) is 6.93. The average molecular weight is 142 g/mol. The average Bonchev–Trinajstić information content (AvgIpc) is 1.81. The van der Waals surface area contributed by atoms with Gasteiger partial charge < -0.3 is 11.5 Å². The maximum absolute atomic E-state index is 5.96. The third kappa shape index (κ3) is 1.50. The minimum atomic E-state index is -0.105. The van der Waals surface area contributed by atoms with Gasteiger partial charge in [0, 0.05) is 11.6 Å². The second-order valence-corrected chi connectivity index (χ2v) is 3.99. The maximum atomic E-state index is 5.96. The monoisotopic (exact) mass is 142 g/mol. The van der Waals surface area contributed by atoms with E-state index in [1.165, 1.54) is 6.42 Å². The molecule has 3 atom stereocenters. The number of hydrogen-bond acceptors (Lipinski definition) is 2. The molecule has 0 aromatic rings. The Morgan fingerprint density at radius 1 is 1.50 bits per heavy atom. The van der Waals surface area contributed by atoms with Crippen LogP contribution in [0.15, 0.2) is 0 Å². The molecule has 3 unspecified atom stereocenters. The summed E-state index contributed by atoms with van der Waals surface area (Å²) in [5.74, 6) is 0.770. The maximum Gasteiger partial charge on any atom is 0.0279 e. The van der Waals surface area contributed by atoms with Crippen molar-refractivity contribution in [1.82, 2.24) is 0 Å². The topological polar surface area (TPSA) is 52.0 Å². The highest BCUT2D eigenvalue weighted by atomic mass is 14.8. The predicted molar refractivity (Wildman–Crippen MR) is 43.6 cm³/mol. The van der Waals surface area contributed by atoms with Crippen LogP contribution in [0, 0.1) is 5.92 Å². The van der Waals surface area contributed by atoms with Gasteiger partial charge in [0.05, 0.1) is 0 Å². The summed E-state index contributed by atoms with van der Waals surface area (Å²) in [6.07, 6.45) is 3.41. The van der Waals surface area contributed by atoms with Gasteiger partial charge in [-0.2, -0.15) is 0 Å². The van der Waals surface area contributed by atoms with Crippen LogP contribution in [0.25, 0.3) is 0 Å². The molecule has 4 N–H and O–H groups in total. The van der Waals surface area contributed by atoms with Gasteiger partial charge >= 0.3 is 0 Å². The second kappa shape index (κ2) is 2.51. The van der Waals surface area contributed by atoms with E-state index in [0.29, 0.717) is 0 Å². The molecule has 2 heteroatoms. The smallest absolute Gasteiger partial charge is 0.0279 e. The normalized spacial score (nSPS) is 49.2. The fourth-order valence-corrected chi connectivity index (χ4v) is 1.56. The van der Waals surface area contributed by atoms with Crippen molar-refractivity contribution in [1.29, 1.82) is 0 Å². The summed E-state index contributed by atoms with van der Waals surface area (Å²) < 4.78 is 0. The lowest BCUT2D eigenvalue weighted by atomic mass is 9.75. The quantitative estimate of drug-likeness (QED) is 0.527. The molecule has 1 saturated carbocycles. The first-order valence-corrected chi connectivity index (χ1v) is 4.07. The molecule has 0 spiro atoms. The molecule has 0 aromatic carbocycles. The summed E-state index contributed by atoms with van der Waals surface area (Å²) in [6.45, 7) is 4.30. The van der Waals surface area contributed by atoms with E-state index in [2.05, 4.69) is 13.8 Å². The van der Waals surface area contributed by atoms with Crippen molar-refractivity contribution < 1.29 is 0 Å². The van der Waals surface area contributed by atoms with Gasteiger partial charge in [0.1, 0.15) is 0 Å². The van der Waals surface area contributed by atoms with E-state index in [4.69, 9.17) is 11.5 Å². The van der Waals surface area contributed by atoms with Crippen molar-refractivity contribution in [2.45, 2.75) is 44.7 Å². The van der Waals surface area contributed by atoms with Gasteiger partial charge in [-0.25, -0.2) is 0 Å². The lowest BCUT2D eigenvalue weighted by Crippen LogP contribution is -2.55. The highest BCUT2D eigenvalue weighted by molar-refractivity contribution is 4.94. The van der Waals surface area contributed by atoms with Crippen molar-refractivity contribution in [2.24, 2.45) is 17.4 Å². The van der Waals surface area contributed by atoms with Crippen molar-refractivity contribution in [3.05, 3.63) is 0 Å². The van der Waals surface area contributed by atoms with E-state index in [0.717, 1.165) is 18.8 Å². The Morgan fingerprint density at radius 3 is 2.50 bits per heavy atom. The second-order valence-electron chi connectivity index (χ2n) is 3.99. The van der Waals surface area contributed by atoms with E-state index in [9.17, 15) is 0 Å². The van der Waals surface area contributed by atoms with Crippen molar-refractivity contribution in [3.8, 4) is 0 Å². The first-order valence-electron chi connectivity index (χ1n) is 4.07. The first-order chi connectivity index (χ1) is 4.52. The summed E-state index contributed by atoms with van der Waals surface area (Å²) in [4.78, 5) is 0. The molecule has 0 aromatic heterocycles. The Hall–Kier alpha value is -0.0800. The molecule has 1 rings (SSSR count). The van der Waals surface area contributed by atoms with E-state index >= 15 is 0 Å². The Balaban J connectivity index is 2.52. The van der Waals surface area contributed by atoms with Crippen LogP contribution in [0.5, 0.6) is 0 Å². The molecule has 2 nitrogen and oxygen atoms in total. The standard InChI is InChI=1S/C8H18N2/c1-6-3-4-8(2,10)7(9)5-6/h6-7H,3-5,9-10H2,1-2H3. The van der Waals surface area contributed by atoms with Crippen LogP contribution in [0.1, 0.15) is 33.1 Å². The molecule has 0 aliphatic heterocycles. The van der Waals surface area contributed by atoms with Gasteiger partial charge in [-0.05, 0) is 32.1 Å². The fourth-order valence-electron chi connectivity index (χ4n) is 1.56. The van der Waals surface area contributed by atoms with Crippen LogP contribution in [0.4, 0.5) is 0 Å². The third-order valence-corrected chi connectivity index (χ3v) is 2.68. The van der Waals surface area contributed by atoms with Crippen molar-refractivity contribution in [3.63, 3.8) is 0 Å². The van der Waals surface area contributed by atoms with E-state index in [1.807, 2.05) is 0 Å². The minimum Gasteiger partial charge on any atom is -0.326 e. The number of nitrogens with two attached hydrogens (primary N) is 2. The van der Waals surface area contributed by atoms with Crippen LogP contribution >= 0.6 is 0 Å². The van der Waals surface area contributed by atoms with Crippen molar-refractivity contribution >= 4 is 0 Å². The van der Waals surface area contributed by atoms with Gasteiger partial charge in [-0.1, -0.05) is 6.92 Å². The summed E-state index contributed by atoms with van der Waals surface area (Å²) in [6, 6.07) is 0.205. The van der Waals surface area contributed by atoms with Gasteiger partial charge in [0.15, 0.2) is 0 Å². The molecule has 60 valence electrons. The third-order valence-electron chi connectivity index (χ3n) is 2.68. The van der Waals surface area contributed by atoms with Crippen LogP contribution in [0.2, 0.25) is 0 Å². The van der Waals surface area contributed by atoms with Crippen LogP contribution < -0.4 is 11.5 Å². The summed E-state index contributed by atoms with van der Waals surface area (Å²) >= 11 is 0. The molecule has 0 radical (unpaired) electrons. The molecular weight excluding hydrogens is 124 g/mol. The number of rotatable bonds is 0. The zero-order chi connectivity index (χ0) is 7.78. The van der Waals surface area contributed by atoms with Gasteiger partial charge in [-0.3, -0.25) is 0 Å². The van der Waals surface area contributed by atoms with Crippen LogP contribution in [0.3, 0.4) is 0 Å². The molecule has 1 fully saturated rings. The molecule has 0 heterocycles. The lowest BCUT2D eigenvalue weighted by Gasteiger charge is -2.38. The number of hydrogen-bond donors (Lipinski definition) is 2. The summed E-state index contributed by atoms with van der Waals surface area (Å²) in [5.41, 5.74) is 11.7. The Kier molecular flexibility index (Phi) is 2.02. The van der Waals surface area contributed by atoms with Crippen molar-refractivity contribution in [2.75, 3.05) is 0 Å². The Bertz CT molecular complexity index is 120. The Morgan fingerprint density at radius 2 is 2.10 bits per heavy atom. The molecule has 0 amide bonds. The molecule has 0 saturated heterocycles. The minimum absolute atomic E-state index is 0.105. The first kappa shape index (κ1) is 8.02. The molecular formula is C8H18N2. The van der Waals surface area contributed by atoms with Gasteiger partial charge in [0.2, 0.25) is 0 Å². The molecule has 1 aliphatic rings. The lowest BCUT2D eigenvalue weighted by molar-refractivity contribution is 0.225. The summed E-state index contributed by atoms with van der Waals surface area (Å²) in [5, 5.41) is 0.